The van der Waals surface area contributed by atoms with Gasteiger partial charge < -0.3 is 0 Å². The highest BCUT2D eigenvalue weighted by atomic mass is 31.2. The fourth-order valence-electron chi connectivity index (χ4n) is 6.48. The van der Waals surface area contributed by atoms with E-state index < -0.39 is 7.26 Å². The summed E-state index contributed by atoms with van der Waals surface area (Å²) >= 11 is 0. The fraction of sp³-hybridized carbons (Fsp3) is 0.963. The van der Waals surface area contributed by atoms with Gasteiger partial charge in [-0.3, -0.25) is 0 Å². The summed E-state index contributed by atoms with van der Waals surface area (Å²) in [5.74, 6) is 0. The molecule has 0 unspecified atom stereocenters. The highest BCUT2D eigenvalue weighted by molar-refractivity contribution is 7.77. The Morgan fingerprint density at radius 1 is 0.621 bits per heavy atom. The van der Waals surface area contributed by atoms with Gasteiger partial charge in [0, 0.05) is 7.26 Å². The summed E-state index contributed by atoms with van der Waals surface area (Å²) in [6.45, 7) is 2.31. The third-order valence-electron chi connectivity index (χ3n) is 8.17. The number of hydrogen-bond donors (Lipinski definition) is 0. The number of nitriles is 1. The van der Waals surface area contributed by atoms with Gasteiger partial charge in [-0.05, 0) is 64.2 Å². The number of rotatable bonds is 15. The van der Waals surface area contributed by atoms with Gasteiger partial charge in [0.05, 0.1) is 36.1 Å². The van der Waals surface area contributed by atoms with Crippen molar-refractivity contribution in [2.45, 2.75) is 153 Å². The Hall–Kier alpha value is -0.0800. The predicted octanol–water partition coefficient (Wildman–Crippen LogP) is 9.50. The molecule has 0 bridgehead atoms. The zero-order valence-electron chi connectivity index (χ0n) is 19.8. The summed E-state index contributed by atoms with van der Waals surface area (Å²) in [5.41, 5.74) is 2.07. The molecule has 2 fully saturated rings. The molecule has 0 radical (unpaired) electrons. The first kappa shape index (κ1) is 25.2. The summed E-state index contributed by atoms with van der Waals surface area (Å²) in [6, 6.07) is 2.57. The van der Waals surface area contributed by atoms with Crippen LogP contribution in [0.2, 0.25) is 0 Å². The molecule has 0 saturated heterocycles. The summed E-state index contributed by atoms with van der Waals surface area (Å²) in [4.78, 5) is 0. The molecule has 0 spiro atoms. The highest BCUT2D eigenvalue weighted by Gasteiger charge is 2.50. The molecule has 0 aliphatic heterocycles. The van der Waals surface area contributed by atoms with Crippen molar-refractivity contribution in [2.24, 2.45) is 0 Å². The standard InChI is InChI=1S/C27H51NP/c1-2-3-4-5-6-7-8-9-10-17-24-29(25-18-23-28,26-19-13-11-14-20-26)27-21-15-12-16-22-27/h26-27H,2-22,24-25H2,1H3/q+1. The Morgan fingerprint density at radius 2 is 1.07 bits per heavy atom. The number of nitrogens with zero attached hydrogens (tertiary/aromatic N) is 1. The molecule has 2 aliphatic carbocycles. The molecule has 0 atom stereocenters. The molecule has 0 aromatic rings. The molecule has 168 valence electrons. The smallest absolute Gasteiger partial charge is 0.0729 e. The van der Waals surface area contributed by atoms with Crippen LogP contribution in [0.3, 0.4) is 0 Å². The Bertz CT molecular complexity index is 410. The van der Waals surface area contributed by atoms with Crippen molar-refractivity contribution < 1.29 is 0 Å². The minimum absolute atomic E-state index is 0.846. The Balaban J connectivity index is 1.83. The molecule has 1 nitrogen and oxygen atoms in total. The van der Waals surface area contributed by atoms with Gasteiger partial charge in [0.15, 0.2) is 0 Å². The molecule has 0 amide bonds. The van der Waals surface area contributed by atoms with Gasteiger partial charge in [-0.25, -0.2) is 0 Å². The first-order chi connectivity index (χ1) is 14.3. The molecule has 0 aromatic carbocycles. The van der Waals surface area contributed by atoms with E-state index in [1.807, 2.05) is 0 Å². The minimum Gasteiger partial charge on any atom is -0.198 e. The maximum atomic E-state index is 9.44. The van der Waals surface area contributed by atoms with E-state index in [0.29, 0.717) is 0 Å². The van der Waals surface area contributed by atoms with Crippen LogP contribution in [0, 0.1) is 11.3 Å². The van der Waals surface area contributed by atoms with E-state index in [-0.39, 0.29) is 0 Å². The predicted molar refractivity (Wildman–Crippen MR) is 132 cm³/mol. The molecule has 2 saturated carbocycles. The van der Waals surface area contributed by atoms with Crippen molar-refractivity contribution in [1.29, 1.82) is 5.26 Å². The van der Waals surface area contributed by atoms with Gasteiger partial charge in [-0.2, -0.15) is 5.26 Å². The van der Waals surface area contributed by atoms with Crippen molar-refractivity contribution >= 4 is 7.26 Å². The van der Waals surface area contributed by atoms with Crippen LogP contribution in [-0.2, 0) is 0 Å². The lowest BCUT2D eigenvalue weighted by molar-refractivity contribution is 0.475. The van der Waals surface area contributed by atoms with Crippen LogP contribution in [-0.4, -0.2) is 23.6 Å². The van der Waals surface area contributed by atoms with E-state index in [2.05, 4.69) is 13.0 Å². The van der Waals surface area contributed by atoms with Crippen molar-refractivity contribution in [3.8, 4) is 6.07 Å². The average Bonchev–Trinajstić information content (AvgIpc) is 2.78. The lowest BCUT2D eigenvalue weighted by atomic mass is 9.99. The van der Waals surface area contributed by atoms with Crippen molar-refractivity contribution in [3.63, 3.8) is 0 Å². The van der Waals surface area contributed by atoms with Gasteiger partial charge in [0.1, 0.15) is 0 Å². The normalized spacial score (nSPS) is 19.3. The topological polar surface area (TPSA) is 23.8 Å². The maximum Gasteiger partial charge on any atom is 0.0729 e. The fourth-order valence-corrected chi connectivity index (χ4v) is 12.9. The van der Waals surface area contributed by atoms with Crippen LogP contribution in [0.5, 0.6) is 0 Å². The number of hydrogen-bond acceptors (Lipinski definition) is 1. The summed E-state index contributed by atoms with van der Waals surface area (Å²) in [6.07, 6.45) is 33.1. The van der Waals surface area contributed by atoms with Crippen molar-refractivity contribution in [3.05, 3.63) is 0 Å². The van der Waals surface area contributed by atoms with Gasteiger partial charge in [0.2, 0.25) is 0 Å². The van der Waals surface area contributed by atoms with E-state index in [4.69, 9.17) is 0 Å². The zero-order chi connectivity index (χ0) is 20.6. The third-order valence-corrected chi connectivity index (χ3v) is 14.3. The van der Waals surface area contributed by atoms with Crippen LogP contribution in [0.4, 0.5) is 0 Å². The molecular formula is C27H51NP+. The molecule has 29 heavy (non-hydrogen) atoms. The lowest BCUT2D eigenvalue weighted by Gasteiger charge is -2.43. The second kappa shape index (κ2) is 15.7. The van der Waals surface area contributed by atoms with Crippen molar-refractivity contribution in [1.82, 2.24) is 0 Å². The zero-order valence-corrected chi connectivity index (χ0v) is 20.7. The Labute approximate surface area is 184 Å². The number of unbranched alkanes of at least 4 members (excludes halogenated alkanes) is 9. The largest absolute Gasteiger partial charge is 0.198 e. The van der Waals surface area contributed by atoms with Crippen molar-refractivity contribution in [2.75, 3.05) is 12.3 Å². The first-order valence-electron chi connectivity index (χ1n) is 13.6. The molecule has 2 aliphatic rings. The Morgan fingerprint density at radius 3 is 1.52 bits per heavy atom. The highest BCUT2D eigenvalue weighted by Crippen LogP contribution is 2.72. The van der Waals surface area contributed by atoms with Crippen LogP contribution in [0.15, 0.2) is 0 Å². The molecular weight excluding hydrogens is 369 g/mol. The lowest BCUT2D eigenvalue weighted by Crippen LogP contribution is -2.32. The second-order valence-corrected chi connectivity index (χ2v) is 14.8. The van der Waals surface area contributed by atoms with E-state index in [1.54, 1.807) is 6.16 Å². The monoisotopic (exact) mass is 420 g/mol. The molecule has 0 aromatic heterocycles. The van der Waals surface area contributed by atoms with E-state index in [9.17, 15) is 5.26 Å². The van der Waals surface area contributed by atoms with E-state index in [1.165, 1.54) is 135 Å². The van der Waals surface area contributed by atoms with E-state index in [0.717, 1.165) is 17.7 Å². The van der Waals surface area contributed by atoms with Crippen LogP contribution < -0.4 is 0 Å². The van der Waals surface area contributed by atoms with Gasteiger partial charge in [-0.15, -0.1) is 0 Å². The average molecular weight is 421 g/mol. The second-order valence-electron chi connectivity index (χ2n) is 10.2. The van der Waals surface area contributed by atoms with Gasteiger partial charge in [0.25, 0.3) is 0 Å². The van der Waals surface area contributed by atoms with E-state index >= 15 is 0 Å². The van der Waals surface area contributed by atoms with Crippen LogP contribution >= 0.6 is 7.26 Å². The molecule has 0 N–H and O–H groups in total. The minimum atomic E-state index is -0.960. The summed E-state index contributed by atoms with van der Waals surface area (Å²) in [7, 11) is -0.960. The Kier molecular flexibility index (Phi) is 13.6. The third kappa shape index (κ3) is 8.90. The van der Waals surface area contributed by atoms with Crippen LogP contribution in [0.1, 0.15) is 142 Å². The van der Waals surface area contributed by atoms with Gasteiger partial charge >= 0.3 is 0 Å². The molecule has 0 heterocycles. The maximum absolute atomic E-state index is 9.44. The quantitative estimate of drug-likeness (QED) is 0.191. The molecule has 2 rings (SSSR count). The van der Waals surface area contributed by atoms with Crippen LogP contribution in [0.25, 0.3) is 0 Å². The first-order valence-corrected chi connectivity index (χ1v) is 15.9. The summed E-state index contributed by atoms with van der Waals surface area (Å²) < 4.78 is 0. The summed E-state index contributed by atoms with van der Waals surface area (Å²) in [5, 5.41) is 9.44. The molecule has 2 heteroatoms. The SMILES string of the molecule is CCCCCCCCCCCC[P+](CCC#N)(C1CCCCC1)C1CCCCC1. The van der Waals surface area contributed by atoms with Gasteiger partial charge in [-0.1, -0.05) is 71.1 Å².